The van der Waals surface area contributed by atoms with Gasteiger partial charge in [-0.15, -0.1) is 0 Å². The number of likely N-dealkylation sites (tertiary alicyclic amines) is 1. The van der Waals surface area contributed by atoms with Crippen LogP contribution in [0.15, 0.2) is 24.3 Å². The highest BCUT2D eigenvalue weighted by atomic mass is 16.2. The normalized spacial score (nSPS) is 22.5. The summed E-state index contributed by atoms with van der Waals surface area (Å²) in [5, 5.41) is 2.97. The fraction of sp³-hybridized carbons (Fsp3) is 0.579. The SMILES string of the molecule is CC1CCC(=O)N1c1ccc(NC(=O)CN2CCCCCC2)cc1. The summed E-state index contributed by atoms with van der Waals surface area (Å²) < 4.78 is 0. The van der Waals surface area contributed by atoms with E-state index in [9.17, 15) is 9.59 Å². The summed E-state index contributed by atoms with van der Waals surface area (Å²) in [6, 6.07) is 7.85. The van der Waals surface area contributed by atoms with Crippen molar-refractivity contribution >= 4 is 23.2 Å². The largest absolute Gasteiger partial charge is 0.325 e. The number of hydrogen-bond donors (Lipinski definition) is 1. The molecule has 2 aliphatic heterocycles. The third kappa shape index (κ3) is 4.15. The van der Waals surface area contributed by atoms with Gasteiger partial charge in [0.2, 0.25) is 11.8 Å². The number of nitrogens with one attached hydrogen (secondary N) is 1. The zero-order valence-electron chi connectivity index (χ0n) is 14.5. The van der Waals surface area contributed by atoms with E-state index < -0.39 is 0 Å². The van der Waals surface area contributed by atoms with E-state index in [-0.39, 0.29) is 17.9 Å². The van der Waals surface area contributed by atoms with Crippen LogP contribution in [0.5, 0.6) is 0 Å². The second-order valence-electron chi connectivity index (χ2n) is 6.94. The summed E-state index contributed by atoms with van der Waals surface area (Å²) in [5.74, 6) is 0.218. The Kier molecular flexibility index (Phi) is 5.51. The van der Waals surface area contributed by atoms with Crippen LogP contribution in [0.25, 0.3) is 0 Å². The molecular formula is C19H27N3O2. The maximum Gasteiger partial charge on any atom is 0.238 e. The second kappa shape index (κ2) is 7.79. The predicted molar refractivity (Wildman–Crippen MR) is 96.2 cm³/mol. The number of rotatable bonds is 4. The molecule has 1 N–H and O–H groups in total. The van der Waals surface area contributed by atoms with Gasteiger partial charge in [-0.2, -0.15) is 0 Å². The maximum absolute atomic E-state index is 12.2. The predicted octanol–water partition coefficient (Wildman–Crippen LogP) is 3.02. The summed E-state index contributed by atoms with van der Waals surface area (Å²) in [7, 11) is 0. The van der Waals surface area contributed by atoms with Crippen molar-refractivity contribution in [2.75, 3.05) is 29.9 Å². The Hall–Kier alpha value is -1.88. The molecule has 0 radical (unpaired) electrons. The lowest BCUT2D eigenvalue weighted by atomic mass is 10.2. The van der Waals surface area contributed by atoms with Crippen molar-refractivity contribution in [3.8, 4) is 0 Å². The number of hydrogen-bond acceptors (Lipinski definition) is 3. The minimum Gasteiger partial charge on any atom is -0.325 e. The van der Waals surface area contributed by atoms with Gasteiger partial charge in [-0.1, -0.05) is 12.8 Å². The van der Waals surface area contributed by atoms with Crippen molar-refractivity contribution in [1.82, 2.24) is 4.90 Å². The Morgan fingerprint density at radius 3 is 2.38 bits per heavy atom. The van der Waals surface area contributed by atoms with Gasteiger partial charge >= 0.3 is 0 Å². The van der Waals surface area contributed by atoms with Gasteiger partial charge in [0.05, 0.1) is 6.54 Å². The third-order valence-electron chi connectivity index (χ3n) is 4.98. The molecular weight excluding hydrogens is 302 g/mol. The Bertz CT molecular complexity index is 577. The lowest BCUT2D eigenvalue weighted by molar-refractivity contribution is -0.118. The lowest BCUT2D eigenvalue weighted by Gasteiger charge is -2.22. The topological polar surface area (TPSA) is 52.7 Å². The molecule has 1 atom stereocenters. The van der Waals surface area contributed by atoms with Gasteiger partial charge in [-0.3, -0.25) is 14.5 Å². The fourth-order valence-electron chi connectivity index (χ4n) is 3.63. The van der Waals surface area contributed by atoms with Crippen LogP contribution in [-0.2, 0) is 9.59 Å². The maximum atomic E-state index is 12.2. The van der Waals surface area contributed by atoms with Crippen LogP contribution >= 0.6 is 0 Å². The van der Waals surface area contributed by atoms with Crippen LogP contribution < -0.4 is 10.2 Å². The lowest BCUT2D eigenvalue weighted by Crippen LogP contribution is -2.34. The highest BCUT2D eigenvalue weighted by Gasteiger charge is 2.28. The number of carbonyl (C=O) groups excluding carboxylic acids is 2. The number of anilines is 2. The van der Waals surface area contributed by atoms with Crippen molar-refractivity contribution < 1.29 is 9.59 Å². The average molecular weight is 329 g/mol. The first-order chi connectivity index (χ1) is 11.6. The van der Waals surface area contributed by atoms with Gasteiger partial charge in [0.25, 0.3) is 0 Å². The fourth-order valence-corrected chi connectivity index (χ4v) is 3.63. The van der Waals surface area contributed by atoms with Crippen molar-refractivity contribution in [3.05, 3.63) is 24.3 Å². The van der Waals surface area contributed by atoms with Crippen LogP contribution in [0.4, 0.5) is 11.4 Å². The highest BCUT2D eigenvalue weighted by Crippen LogP contribution is 2.27. The minimum atomic E-state index is 0.0373. The van der Waals surface area contributed by atoms with Crippen molar-refractivity contribution in [3.63, 3.8) is 0 Å². The quantitative estimate of drug-likeness (QED) is 0.924. The zero-order chi connectivity index (χ0) is 16.9. The molecule has 2 heterocycles. The Morgan fingerprint density at radius 2 is 1.79 bits per heavy atom. The molecule has 3 rings (SSSR count). The third-order valence-corrected chi connectivity index (χ3v) is 4.98. The second-order valence-corrected chi connectivity index (χ2v) is 6.94. The molecule has 0 bridgehead atoms. The van der Waals surface area contributed by atoms with Crippen LogP contribution in [0.3, 0.4) is 0 Å². The molecule has 2 amide bonds. The zero-order valence-corrected chi connectivity index (χ0v) is 14.5. The van der Waals surface area contributed by atoms with Crippen LogP contribution in [0.2, 0.25) is 0 Å². The molecule has 2 saturated heterocycles. The number of carbonyl (C=O) groups is 2. The van der Waals surface area contributed by atoms with E-state index in [0.29, 0.717) is 13.0 Å². The number of benzene rings is 1. The first kappa shape index (κ1) is 17.0. The Balaban J connectivity index is 1.55. The van der Waals surface area contributed by atoms with E-state index in [1.165, 1.54) is 25.7 Å². The van der Waals surface area contributed by atoms with E-state index >= 15 is 0 Å². The van der Waals surface area contributed by atoms with Gasteiger partial charge in [0, 0.05) is 23.8 Å². The van der Waals surface area contributed by atoms with E-state index in [1.807, 2.05) is 29.2 Å². The van der Waals surface area contributed by atoms with Crippen LogP contribution in [0, 0.1) is 0 Å². The Labute approximate surface area is 144 Å². The van der Waals surface area contributed by atoms with E-state index in [0.717, 1.165) is 30.9 Å². The first-order valence-electron chi connectivity index (χ1n) is 9.08. The molecule has 0 spiro atoms. The first-order valence-corrected chi connectivity index (χ1v) is 9.08. The molecule has 1 aromatic rings. The summed E-state index contributed by atoms with van der Waals surface area (Å²) in [5.41, 5.74) is 1.70. The monoisotopic (exact) mass is 329 g/mol. The molecule has 0 saturated carbocycles. The van der Waals surface area contributed by atoms with Gasteiger partial charge < -0.3 is 10.2 Å². The molecule has 2 aliphatic rings. The molecule has 1 unspecified atom stereocenters. The summed E-state index contributed by atoms with van der Waals surface area (Å²) >= 11 is 0. The van der Waals surface area contributed by atoms with Crippen LogP contribution in [-0.4, -0.2) is 42.4 Å². The van der Waals surface area contributed by atoms with E-state index in [4.69, 9.17) is 0 Å². The van der Waals surface area contributed by atoms with E-state index in [2.05, 4.69) is 17.1 Å². The smallest absolute Gasteiger partial charge is 0.238 e. The molecule has 2 fully saturated rings. The average Bonchev–Trinajstić information content (AvgIpc) is 2.76. The number of amides is 2. The summed E-state index contributed by atoms with van der Waals surface area (Å²) in [6.45, 7) is 4.56. The van der Waals surface area contributed by atoms with Crippen molar-refractivity contribution in [1.29, 1.82) is 0 Å². The van der Waals surface area contributed by atoms with Gasteiger partial charge in [0.1, 0.15) is 0 Å². The molecule has 130 valence electrons. The molecule has 1 aromatic carbocycles. The standard InChI is InChI=1S/C19H27N3O2/c1-15-6-11-19(24)22(15)17-9-7-16(8-10-17)20-18(23)14-21-12-4-2-3-5-13-21/h7-10,15H,2-6,11-14H2,1H3,(H,20,23). The molecule has 5 heteroatoms. The van der Waals surface area contributed by atoms with Crippen LogP contribution in [0.1, 0.15) is 45.4 Å². The molecule has 24 heavy (non-hydrogen) atoms. The van der Waals surface area contributed by atoms with E-state index in [1.54, 1.807) is 0 Å². The van der Waals surface area contributed by atoms with Crippen molar-refractivity contribution in [2.24, 2.45) is 0 Å². The summed E-state index contributed by atoms with van der Waals surface area (Å²) in [6.07, 6.45) is 6.44. The van der Waals surface area contributed by atoms with Gasteiger partial charge in [-0.25, -0.2) is 0 Å². The van der Waals surface area contributed by atoms with Gasteiger partial charge in [-0.05, 0) is 63.5 Å². The summed E-state index contributed by atoms with van der Waals surface area (Å²) in [4.78, 5) is 28.3. The molecule has 5 nitrogen and oxygen atoms in total. The highest BCUT2D eigenvalue weighted by molar-refractivity contribution is 5.97. The Morgan fingerprint density at radius 1 is 1.12 bits per heavy atom. The van der Waals surface area contributed by atoms with Gasteiger partial charge in [0.15, 0.2) is 0 Å². The number of nitrogens with zero attached hydrogens (tertiary/aromatic N) is 2. The molecule has 0 aromatic heterocycles. The molecule has 0 aliphatic carbocycles. The minimum absolute atomic E-state index is 0.0373. The van der Waals surface area contributed by atoms with Crippen molar-refractivity contribution in [2.45, 2.75) is 51.5 Å².